The minimum Gasteiger partial charge on any atom is -0.497 e. The Morgan fingerprint density at radius 2 is 2.29 bits per heavy atom. The van der Waals surface area contributed by atoms with Gasteiger partial charge in [0.05, 0.1) is 7.11 Å². The average molecular weight is 195 g/mol. The van der Waals surface area contributed by atoms with Gasteiger partial charge in [0.25, 0.3) is 0 Å². The number of amides is 1. The van der Waals surface area contributed by atoms with Crippen LogP contribution in [0.3, 0.4) is 0 Å². The van der Waals surface area contributed by atoms with Crippen LogP contribution in [0.5, 0.6) is 5.75 Å². The van der Waals surface area contributed by atoms with Crippen molar-refractivity contribution in [3.63, 3.8) is 0 Å². The Morgan fingerprint density at radius 3 is 2.86 bits per heavy atom. The van der Waals surface area contributed by atoms with Crippen molar-refractivity contribution in [2.45, 2.75) is 0 Å². The number of anilines is 1. The molecule has 74 valence electrons. The lowest BCUT2D eigenvalue weighted by molar-refractivity contribution is -0.111. The van der Waals surface area contributed by atoms with Gasteiger partial charge in [0.15, 0.2) is 0 Å². The minimum absolute atomic E-state index is 0.340. The molecule has 0 aromatic heterocycles. The topological polar surface area (TPSA) is 38.3 Å². The number of benzene rings is 1. The third kappa shape index (κ3) is 2.58. The van der Waals surface area contributed by atoms with E-state index in [0.29, 0.717) is 11.4 Å². The van der Waals surface area contributed by atoms with Gasteiger partial charge < -0.3 is 10.1 Å². The van der Waals surface area contributed by atoms with Gasteiger partial charge in [-0.05, 0) is 12.1 Å². The summed E-state index contributed by atoms with van der Waals surface area (Å²) in [5.74, 6) is -0.509. The lowest BCUT2D eigenvalue weighted by Gasteiger charge is -2.05. The second-order valence-corrected chi connectivity index (χ2v) is 2.57. The molecule has 0 fully saturated rings. The predicted molar refractivity (Wildman–Crippen MR) is 51.8 cm³/mol. The highest BCUT2D eigenvalue weighted by Gasteiger charge is 2.02. The molecule has 0 aliphatic rings. The molecule has 0 bridgehead atoms. The van der Waals surface area contributed by atoms with Gasteiger partial charge in [-0.25, -0.2) is 4.39 Å². The maximum absolute atomic E-state index is 12.9. The highest BCUT2D eigenvalue weighted by Crippen LogP contribution is 2.19. The summed E-state index contributed by atoms with van der Waals surface area (Å²) in [5.41, 5.74) is 0.340. The highest BCUT2D eigenvalue weighted by atomic mass is 19.1. The molecule has 1 N–H and O–H groups in total. The zero-order chi connectivity index (χ0) is 10.6. The van der Waals surface area contributed by atoms with E-state index in [0.717, 1.165) is 6.08 Å². The van der Waals surface area contributed by atoms with Crippen LogP contribution in [0.4, 0.5) is 10.1 Å². The van der Waals surface area contributed by atoms with E-state index in [4.69, 9.17) is 4.74 Å². The number of hydrogen-bond acceptors (Lipinski definition) is 2. The predicted octanol–water partition coefficient (Wildman–Crippen LogP) is 1.96. The van der Waals surface area contributed by atoms with Gasteiger partial charge in [-0.15, -0.1) is 0 Å². The second-order valence-electron chi connectivity index (χ2n) is 2.57. The van der Waals surface area contributed by atoms with Gasteiger partial charge in [-0.3, -0.25) is 4.79 Å². The van der Waals surface area contributed by atoms with Gasteiger partial charge in [0.2, 0.25) is 5.91 Å². The molecule has 0 spiro atoms. The van der Waals surface area contributed by atoms with E-state index < -0.39 is 11.7 Å². The molecule has 1 aromatic rings. The lowest BCUT2D eigenvalue weighted by atomic mass is 10.3. The van der Waals surface area contributed by atoms with E-state index in [2.05, 4.69) is 11.9 Å². The number of rotatable bonds is 3. The fourth-order valence-corrected chi connectivity index (χ4v) is 0.946. The number of hydrogen-bond donors (Lipinski definition) is 1. The number of methoxy groups -OCH3 is 1. The number of halogens is 1. The summed E-state index contributed by atoms with van der Waals surface area (Å²) in [4.78, 5) is 10.9. The van der Waals surface area contributed by atoms with Crippen LogP contribution in [0.25, 0.3) is 0 Å². The molecule has 0 saturated heterocycles. The first-order valence-corrected chi connectivity index (χ1v) is 3.93. The van der Waals surface area contributed by atoms with Crippen molar-refractivity contribution in [2.24, 2.45) is 0 Å². The van der Waals surface area contributed by atoms with Crippen molar-refractivity contribution in [1.29, 1.82) is 0 Å². The summed E-state index contributed by atoms with van der Waals surface area (Å²) >= 11 is 0. The van der Waals surface area contributed by atoms with E-state index in [1.54, 1.807) is 0 Å². The maximum Gasteiger partial charge on any atom is 0.247 e. The highest BCUT2D eigenvalue weighted by molar-refractivity contribution is 5.98. The van der Waals surface area contributed by atoms with E-state index in [9.17, 15) is 9.18 Å². The smallest absolute Gasteiger partial charge is 0.247 e. The molecule has 0 heterocycles. The third-order valence-corrected chi connectivity index (χ3v) is 1.56. The van der Waals surface area contributed by atoms with Gasteiger partial charge in [-0.2, -0.15) is 0 Å². The molecular weight excluding hydrogens is 185 g/mol. The molecule has 0 unspecified atom stereocenters. The quantitative estimate of drug-likeness (QED) is 0.748. The van der Waals surface area contributed by atoms with Crippen LogP contribution in [0, 0.1) is 5.82 Å². The van der Waals surface area contributed by atoms with Gasteiger partial charge >= 0.3 is 0 Å². The zero-order valence-corrected chi connectivity index (χ0v) is 7.71. The van der Waals surface area contributed by atoms with Crippen LogP contribution in [0.2, 0.25) is 0 Å². The normalized spacial score (nSPS) is 9.29. The Hall–Kier alpha value is -1.84. The molecule has 4 heteroatoms. The van der Waals surface area contributed by atoms with Crippen molar-refractivity contribution in [3.05, 3.63) is 36.7 Å². The number of ether oxygens (including phenoxy) is 1. The van der Waals surface area contributed by atoms with Crippen LogP contribution in [0.1, 0.15) is 0 Å². The molecule has 1 rings (SSSR count). The molecule has 14 heavy (non-hydrogen) atoms. The van der Waals surface area contributed by atoms with Crippen molar-refractivity contribution in [2.75, 3.05) is 12.4 Å². The average Bonchev–Trinajstić information content (AvgIpc) is 2.16. The SMILES string of the molecule is C=CC(=O)Nc1cc(F)cc(OC)c1. The van der Waals surface area contributed by atoms with Crippen molar-refractivity contribution >= 4 is 11.6 Å². The van der Waals surface area contributed by atoms with Crippen LogP contribution in [0.15, 0.2) is 30.9 Å². The Bertz CT molecular complexity index is 363. The summed E-state index contributed by atoms with van der Waals surface area (Å²) in [7, 11) is 1.42. The summed E-state index contributed by atoms with van der Waals surface area (Å²) in [6.07, 6.45) is 1.11. The third-order valence-electron chi connectivity index (χ3n) is 1.56. The largest absolute Gasteiger partial charge is 0.497 e. The summed E-state index contributed by atoms with van der Waals surface area (Å²) in [6.45, 7) is 3.28. The minimum atomic E-state index is -0.469. The van der Waals surface area contributed by atoms with Gasteiger partial charge in [0.1, 0.15) is 11.6 Å². The second kappa shape index (κ2) is 4.41. The molecular formula is C10H10FNO2. The standard InChI is InChI=1S/C10H10FNO2/c1-3-10(13)12-8-4-7(11)5-9(6-8)14-2/h3-6H,1H2,2H3,(H,12,13). The first-order valence-electron chi connectivity index (χ1n) is 3.93. The Morgan fingerprint density at radius 1 is 1.57 bits per heavy atom. The monoisotopic (exact) mass is 195 g/mol. The fraction of sp³-hybridized carbons (Fsp3) is 0.100. The van der Waals surface area contributed by atoms with Crippen LogP contribution in [-0.4, -0.2) is 13.0 Å². The number of carbonyl (C=O) groups is 1. The Labute approximate surface area is 81.2 Å². The lowest BCUT2D eigenvalue weighted by Crippen LogP contribution is -2.07. The summed E-state index contributed by atoms with van der Waals surface area (Å²) < 4.78 is 17.7. The first kappa shape index (κ1) is 10.2. The summed E-state index contributed by atoms with van der Waals surface area (Å²) in [6, 6.07) is 3.94. The maximum atomic E-state index is 12.9. The van der Waals surface area contributed by atoms with Crippen molar-refractivity contribution < 1.29 is 13.9 Å². The molecule has 3 nitrogen and oxygen atoms in total. The van der Waals surface area contributed by atoms with E-state index in [1.807, 2.05) is 0 Å². The van der Waals surface area contributed by atoms with Crippen LogP contribution in [-0.2, 0) is 4.79 Å². The van der Waals surface area contributed by atoms with E-state index in [-0.39, 0.29) is 0 Å². The summed E-state index contributed by atoms with van der Waals surface area (Å²) in [5, 5.41) is 2.43. The van der Waals surface area contributed by atoms with Crippen LogP contribution < -0.4 is 10.1 Å². The molecule has 0 saturated carbocycles. The fourth-order valence-electron chi connectivity index (χ4n) is 0.946. The Kier molecular flexibility index (Phi) is 3.23. The van der Waals surface area contributed by atoms with E-state index >= 15 is 0 Å². The zero-order valence-electron chi connectivity index (χ0n) is 7.71. The molecule has 0 aliphatic heterocycles. The first-order chi connectivity index (χ1) is 6.65. The van der Waals surface area contributed by atoms with E-state index in [1.165, 1.54) is 25.3 Å². The van der Waals surface area contributed by atoms with Crippen molar-refractivity contribution in [1.82, 2.24) is 0 Å². The number of carbonyl (C=O) groups excluding carboxylic acids is 1. The Balaban J connectivity index is 2.91. The van der Waals surface area contributed by atoms with Gasteiger partial charge in [-0.1, -0.05) is 6.58 Å². The molecule has 1 aromatic carbocycles. The van der Waals surface area contributed by atoms with Gasteiger partial charge in [0, 0.05) is 17.8 Å². The van der Waals surface area contributed by atoms with Crippen LogP contribution >= 0.6 is 0 Å². The molecule has 0 radical (unpaired) electrons. The molecule has 1 amide bonds. The molecule has 0 aliphatic carbocycles. The molecule has 0 atom stereocenters. The van der Waals surface area contributed by atoms with Crippen molar-refractivity contribution in [3.8, 4) is 5.75 Å². The number of nitrogens with one attached hydrogen (secondary N) is 1.